The number of carbonyl (C=O) groups excluding carboxylic acids is 3. The van der Waals surface area contributed by atoms with Crippen LogP contribution >= 0.6 is 11.6 Å². The maximum absolute atomic E-state index is 12.5. The largest absolute Gasteiger partial charge is 0.322 e. The molecule has 3 rings (SSSR count). The lowest BCUT2D eigenvalue weighted by molar-refractivity contribution is -0.117. The SMILES string of the molecule is CC(=O)c1cccc(NC(=O)c2ccc(Cl)c(N3CCCC3=O)c2)c1. The van der Waals surface area contributed by atoms with E-state index in [2.05, 4.69) is 5.32 Å². The number of benzene rings is 2. The van der Waals surface area contributed by atoms with E-state index in [0.717, 1.165) is 6.42 Å². The third-order valence-corrected chi connectivity index (χ3v) is 4.42. The van der Waals surface area contributed by atoms with Crippen molar-refractivity contribution < 1.29 is 14.4 Å². The van der Waals surface area contributed by atoms with Crippen molar-refractivity contribution in [2.45, 2.75) is 19.8 Å². The average Bonchev–Trinajstić information content (AvgIpc) is 3.01. The Kier molecular flexibility index (Phi) is 4.86. The van der Waals surface area contributed by atoms with Gasteiger partial charge in [-0.25, -0.2) is 0 Å². The molecule has 0 unspecified atom stereocenters. The molecule has 0 saturated carbocycles. The first kappa shape index (κ1) is 17.2. The zero-order valence-corrected chi connectivity index (χ0v) is 14.5. The van der Waals surface area contributed by atoms with Crippen LogP contribution in [0.5, 0.6) is 0 Å². The van der Waals surface area contributed by atoms with Crippen molar-refractivity contribution in [3.05, 3.63) is 58.6 Å². The molecule has 128 valence electrons. The molecule has 1 fully saturated rings. The summed E-state index contributed by atoms with van der Waals surface area (Å²) in [7, 11) is 0. The molecule has 2 aromatic rings. The smallest absolute Gasteiger partial charge is 0.255 e. The maximum Gasteiger partial charge on any atom is 0.255 e. The Morgan fingerprint density at radius 3 is 2.60 bits per heavy atom. The molecule has 0 aliphatic carbocycles. The predicted octanol–water partition coefficient (Wildman–Crippen LogP) is 3.92. The second-order valence-corrected chi connectivity index (χ2v) is 6.31. The molecular formula is C19H17ClN2O3. The maximum atomic E-state index is 12.5. The fourth-order valence-electron chi connectivity index (χ4n) is 2.78. The van der Waals surface area contributed by atoms with Crippen LogP contribution in [0.25, 0.3) is 0 Å². The normalized spacial score (nSPS) is 13.8. The van der Waals surface area contributed by atoms with Crippen molar-refractivity contribution in [2.24, 2.45) is 0 Å². The Morgan fingerprint density at radius 1 is 1.12 bits per heavy atom. The van der Waals surface area contributed by atoms with Crippen LogP contribution in [0, 0.1) is 0 Å². The van der Waals surface area contributed by atoms with Crippen LogP contribution in [-0.2, 0) is 4.79 Å². The molecular weight excluding hydrogens is 340 g/mol. The standard InChI is InChI=1S/C19H17ClN2O3/c1-12(23)13-4-2-5-15(10-13)21-19(25)14-7-8-16(20)17(11-14)22-9-3-6-18(22)24/h2,4-5,7-8,10-11H,3,6,9H2,1H3,(H,21,25). The van der Waals surface area contributed by atoms with Gasteiger partial charge in [-0.1, -0.05) is 23.7 Å². The highest BCUT2D eigenvalue weighted by molar-refractivity contribution is 6.34. The first-order valence-electron chi connectivity index (χ1n) is 7.98. The third-order valence-electron chi connectivity index (χ3n) is 4.10. The highest BCUT2D eigenvalue weighted by Gasteiger charge is 2.24. The minimum atomic E-state index is -0.328. The summed E-state index contributed by atoms with van der Waals surface area (Å²) in [4.78, 5) is 37.5. The molecule has 25 heavy (non-hydrogen) atoms. The number of rotatable bonds is 4. The van der Waals surface area contributed by atoms with Gasteiger partial charge >= 0.3 is 0 Å². The molecule has 1 heterocycles. The van der Waals surface area contributed by atoms with Crippen molar-refractivity contribution >= 4 is 40.6 Å². The Morgan fingerprint density at radius 2 is 1.92 bits per heavy atom. The van der Waals surface area contributed by atoms with Crippen LogP contribution in [0.1, 0.15) is 40.5 Å². The van der Waals surface area contributed by atoms with Gasteiger partial charge < -0.3 is 10.2 Å². The van der Waals surface area contributed by atoms with Gasteiger partial charge in [-0.15, -0.1) is 0 Å². The van der Waals surface area contributed by atoms with E-state index in [0.29, 0.717) is 40.5 Å². The Hall–Kier alpha value is -2.66. The summed E-state index contributed by atoms with van der Waals surface area (Å²) in [6, 6.07) is 11.6. The number of halogens is 1. The van der Waals surface area contributed by atoms with Gasteiger partial charge in [0.15, 0.2) is 5.78 Å². The third kappa shape index (κ3) is 3.72. The Bertz CT molecular complexity index is 863. The molecule has 1 saturated heterocycles. The molecule has 0 bridgehead atoms. The number of nitrogens with one attached hydrogen (secondary N) is 1. The van der Waals surface area contributed by atoms with E-state index in [-0.39, 0.29) is 17.6 Å². The first-order chi connectivity index (χ1) is 12.0. The molecule has 0 atom stereocenters. The molecule has 0 aromatic heterocycles. The van der Waals surface area contributed by atoms with E-state index in [1.54, 1.807) is 47.4 Å². The summed E-state index contributed by atoms with van der Waals surface area (Å²) < 4.78 is 0. The van der Waals surface area contributed by atoms with E-state index in [4.69, 9.17) is 11.6 Å². The quantitative estimate of drug-likeness (QED) is 0.844. The molecule has 0 spiro atoms. The van der Waals surface area contributed by atoms with E-state index in [1.165, 1.54) is 6.92 Å². The molecule has 2 aromatic carbocycles. The molecule has 5 nitrogen and oxygen atoms in total. The van der Waals surface area contributed by atoms with Gasteiger partial charge in [0.2, 0.25) is 5.91 Å². The van der Waals surface area contributed by atoms with Crippen LogP contribution in [0.3, 0.4) is 0 Å². The zero-order chi connectivity index (χ0) is 18.0. The predicted molar refractivity (Wildman–Crippen MR) is 97.4 cm³/mol. The molecule has 1 N–H and O–H groups in total. The summed E-state index contributed by atoms with van der Waals surface area (Å²) in [6.45, 7) is 2.07. The van der Waals surface area contributed by atoms with Gasteiger partial charge in [0.1, 0.15) is 0 Å². The number of ketones is 1. The highest BCUT2D eigenvalue weighted by atomic mass is 35.5. The minimum absolute atomic E-state index is 0.00798. The van der Waals surface area contributed by atoms with Gasteiger partial charge in [0.05, 0.1) is 10.7 Å². The number of carbonyl (C=O) groups is 3. The van der Waals surface area contributed by atoms with E-state index in [1.807, 2.05) is 0 Å². The van der Waals surface area contributed by atoms with Crippen LogP contribution < -0.4 is 10.2 Å². The van der Waals surface area contributed by atoms with Crippen molar-refractivity contribution in [1.29, 1.82) is 0 Å². The lowest BCUT2D eigenvalue weighted by atomic mass is 10.1. The minimum Gasteiger partial charge on any atom is -0.322 e. The first-order valence-corrected chi connectivity index (χ1v) is 8.36. The fourth-order valence-corrected chi connectivity index (χ4v) is 3.00. The van der Waals surface area contributed by atoms with Gasteiger partial charge in [-0.2, -0.15) is 0 Å². The number of hydrogen-bond donors (Lipinski definition) is 1. The number of Topliss-reactive ketones (excluding diaryl/α,β-unsaturated/α-hetero) is 1. The fraction of sp³-hybridized carbons (Fsp3) is 0.211. The average molecular weight is 357 g/mol. The summed E-state index contributed by atoms with van der Waals surface area (Å²) in [6.07, 6.45) is 1.27. The van der Waals surface area contributed by atoms with Gasteiger partial charge in [-0.3, -0.25) is 14.4 Å². The van der Waals surface area contributed by atoms with E-state index >= 15 is 0 Å². The van der Waals surface area contributed by atoms with Crippen molar-refractivity contribution in [2.75, 3.05) is 16.8 Å². The molecule has 2 amide bonds. The van der Waals surface area contributed by atoms with Crippen molar-refractivity contribution in [3.63, 3.8) is 0 Å². The monoisotopic (exact) mass is 356 g/mol. The van der Waals surface area contributed by atoms with Crippen molar-refractivity contribution in [1.82, 2.24) is 0 Å². The second-order valence-electron chi connectivity index (χ2n) is 5.91. The van der Waals surface area contributed by atoms with Crippen LogP contribution in [-0.4, -0.2) is 24.1 Å². The Balaban J connectivity index is 1.84. The summed E-state index contributed by atoms with van der Waals surface area (Å²) in [5.41, 5.74) is 2.00. The van der Waals surface area contributed by atoms with E-state index in [9.17, 15) is 14.4 Å². The molecule has 1 aliphatic heterocycles. The lowest BCUT2D eigenvalue weighted by Crippen LogP contribution is -2.24. The number of hydrogen-bond acceptors (Lipinski definition) is 3. The molecule has 0 radical (unpaired) electrons. The number of nitrogens with zero attached hydrogens (tertiary/aromatic N) is 1. The van der Waals surface area contributed by atoms with Gasteiger partial charge in [-0.05, 0) is 43.7 Å². The summed E-state index contributed by atoms with van der Waals surface area (Å²) >= 11 is 6.20. The van der Waals surface area contributed by atoms with Crippen LogP contribution in [0.2, 0.25) is 5.02 Å². The van der Waals surface area contributed by atoms with Crippen LogP contribution in [0.4, 0.5) is 11.4 Å². The van der Waals surface area contributed by atoms with Crippen LogP contribution in [0.15, 0.2) is 42.5 Å². The highest BCUT2D eigenvalue weighted by Crippen LogP contribution is 2.30. The lowest BCUT2D eigenvalue weighted by Gasteiger charge is -2.18. The molecule has 6 heteroatoms. The number of anilines is 2. The summed E-state index contributed by atoms with van der Waals surface area (Å²) in [5.74, 6) is -0.392. The summed E-state index contributed by atoms with van der Waals surface area (Å²) in [5, 5.41) is 3.20. The zero-order valence-electron chi connectivity index (χ0n) is 13.7. The van der Waals surface area contributed by atoms with E-state index < -0.39 is 0 Å². The Labute approximate surface area is 150 Å². The van der Waals surface area contributed by atoms with Gasteiger partial charge in [0, 0.05) is 29.8 Å². The van der Waals surface area contributed by atoms with Crippen molar-refractivity contribution in [3.8, 4) is 0 Å². The topological polar surface area (TPSA) is 66.5 Å². The molecule has 1 aliphatic rings. The number of amides is 2. The second kappa shape index (κ2) is 7.07. The van der Waals surface area contributed by atoms with Gasteiger partial charge in [0.25, 0.3) is 5.91 Å².